The van der Waals surface area contributed by atoms with Crippen molar-refractivity contribution in [3.63, 3.8) is 0 Å². The number of nitriles is 1. The summed E-state index contributed by atoms with van der Waals surface area (Å²) in [4.78, 5) is 17.0. The first-order valence-corrected chi connectivity index (χ1v) is 16.0. The minimum Gasteiger partial charge on any atom is -0.382 e. The molecule has 0 amide bonds. The molecular formula is C39H31F4N9. The monoisotopic (exact) mass is 701 g/mol. The SMILES string of the molecule is C[C@H](N)c1cc2ccc(F)cc2nc1-c1cccc(F)c1.C[C@H](Nc1nc(N)nc(N)c1C#N)c1cc2ccc(F)cc2nc1-c1cccc(F)c1. The normalized spacial score (nSPS) is 12.1. The molecule has 4 aromatic carbocycles. The first-order chi connectivity index (χ1) is 24.9. The van der Waals surface area contributed by atoms with Crippen molar-refractivity contribution in [2.75, 3.05) is 16.8 Å². The lowest BCUT2D eigenvalue weighted by Crippen LogP contribution is -2.14. The standard InChI is InChI=1S/C22H17F2N7.C17H14F2N2/c1-11(28-21-17(10-25)20(26)30-22(27)31-21)16-8-12-5-6-15(24)9-18(12)29-19(16)13-3-2-4-14(23)7-13;1-10(20)15-8-11-5-6-14(19)9-16(11)21-17(15)12-3-2-4-13(18)7-12/h2-9,11H,1H3,(H5,26,27,28,30,31);2-10H,20H2,1H3/t11-;10-/m00/s1. The largest absolute Gasteiger partial charge is 0.382 e. The van der Waals surface area contributed by atoms with E-state index in [-0.39, 0.29) is 40.8 Å². The highest BCUT2D eigenvalue weighted by molar-refractivity contribution is 5.85. The zero-order chi connectivity index (χ0) is 37.1. The van der Waals surface area contributed by atoms with E-state index in [1.165, 1.54) is 48.5 Å². The second kappa shape index (κ2) is 14.7. The highest BCUT2D eigenvalue weighted by atomic mass is 19.1. The molecule has 0 saturated carbocycles. The van der Waals surface area contributed by atoms with Crippen molar-refractivity contribution in [1.82, 2.24) is 19.9 Å². The lowest BCUT2D eigenvalue weighted by atomic mass is 9.98. The first-order valence-electron chi connectivity index (χ1n) is 16.0. The second-order valence-electron chi connectivity index (χ2n) is 12.0. The fraction of sp³-hybridized carbons (Fsp3) is 0.103. The van der Waals surface area contributed by atoms with Gasteiger partial charge in [0.25, 0.3) is 0 Å². The summed E-state index contributed by atoms with van der Waals surface area (Å²) < 4.78 is 54.5. The number of benzene rings is 4. The number of hydrogen-bond donors (Lipinski definition) is 4. The van der Waals surface area contributed by atoms with Crippen LogP contribution in [0.2, 0.25) is 0 Å². The molecule has 0 aliphatic heterocycles. The molecule has 3 heterocycles. The van der Waals surface area contributed by atoms with Gasteiger partial charge in [-0.3, -0.25) is 0 Å². The van der Waals surface area contributed by atoms with Gasteiger partial charge in [-0.05, 0) is 80.1 Å². The van der Waals surface area contributed by atoms with E-state index >= 15 is 0 Å². The fourth-order valence-corrected chi connectivity index (χ4v) is 5.72. The molecule has 13 heteroatoms. The quantitative estimate of drug-likeness (QED) is 0.125. The molecule has 9 nitrogen and oxygen atoms in total. The Morgan fingerprint density at radius 1 is 0.635 bits per heavy atom. The first kappa shape index (κ1) is 35.2. The highest BCUT2D eigenvalue weighted by Gasteiger charge is 2.20. The molecule has 260 valence electrons. The Labute approximate surface area is 295 Å². The van der Waals surface area contributed by atoms with E-state index < -0.39 is 17.7 Å². The molecule has 7 aromatic rings. The van der Waals surface area contributed by atoms with E-state index in [0.29, 0.717) is 44.5 Å². The maximum absolute atomic E-state index is 13.9. The molecule has 0 saturated heterocycles. The predicted molar refractivity (Wildman–Crippen MR) is 194 cm³/mol. The summed E-state index contributed by atoms with van der Waals surface area (Å²) in [6, 6.07) is 25.8. The summed E-state index contributed by atoms with van der Waals surface area (Å²) in [7, 11) is 0. The van der Waals surface area contributed by atoms with Gasteiger partial charge in [0, 0.05) is 45.6 Å². The molecule has 0 radical (unpaired) electrons. The summed E-state index contributed by atoms with van der Waals surface area (Å²) in [6.45, 7) is 3.67. The number of fused-ring (bicyclic) bond motifs is 2. The summed E-state index contributed by atoms with van der Waals surface area (Å²) in [5, 5.41) is 14.1. The minimum absolute atomic E-state index is 0.0397. The van der Waals surface area contributed by atoms with E-state index in [1.807, 2.05) is 32.0 Å². The molecule has 3 aromatic heterocycles. The number of halogens is 4. The highest BCUT2D eigenvalue weighted by Crippen LogP contribution is 2.34. The predicted octanol–water partition coefficient (Wildman–Crippen LogP) is 8.38. The van der Waals surface area contributed by atoms with Crippen molar-refractivity contribution < 1.29 is 17.6 Å². The van der Waals surface area contributed by atoms with E-state index in [4.69, 9.17) is 17.2 Å². The molecule has 2 atom stereocenters. The van der Waals surface area contributed by atoms with Gasteiger partial charge in [-0.1, -0.05) is 24.3 Å². The second-order valence-corrected chi connectivity index (χ2v) is 12.0. The van der Waals surface area contributed by atoms with Crippen LogP contribution in [0.1, 0.15) is 42.6 Å². The lowest BCUT2D eigenvalue weighted by molar-refractivity contribution is 0.627. The van der Waals surface area contributed by atoms with Gasteiger partial charge in [0.2, 0.25) is 5.95 Å². The number of pyridine rings is 2. The average Bonchev–Trinajstić information content (AvgIpc) is 3.10. The molecule has 0 bridgehead atoms. The van der Waals surface area contributed by atoms with Gasteiger partial charge < -0.3 is 22.5 Å². The Bertz CT molecular complexity index is 2500. The maximum Gasteiger partial charge on any atom is 0.224 e. The number of nitrogens with one attached hydrogen (secondary N) is 1. The lowest BCUT2D eigenvalue weighted by Gasteiger charge is -2.20. The van der Waals surface area contributed by atoms with Crippen LogP contribution in [-0.2, 0) is 0 Å². The Kier molecular flexibility index (Phi) is 9.93. The molecule has 0 spiro atoms. The third-order valence-electron chi connectivity index (χ3n) is 8.19. The Morgan fingerprint density at radius 3 is 1.63 bits per heavy atom. The summed E-state index contributed by atoms with van der Waals surface area (Å²) in [6.07, 6.45) is 0. The van der Waals surface area contributed by atoms with Crippen molar-refractivity contribution in [1.29, 1.82) is 5.26 Å². The van der Waals surface area contributed by atoms with Gasteiger partial charge in [0.05, 0.1) is 28.5 Å². The number of anilines is 3. The number of aromatic nitrogens is 4. The van der Waals surface area contributed by atoms with Gasteiger partial charge in [0.1, 0.15) is 40.7 Å². The van der Waals surface area contributed by atoms with Gasteiger partial charge in [-0.25, -0.2) is 27.5 Å². The number of nitrogens with two attached hydrogens (primary N) is 3. The smallest absolute Gasteiger partial charge is 0.224 e. The minimum atomic E-state index is -0.443. The van der Waals surface area contributed by atoms with E-state index in [2.05, 4.69) is 25.3 Å². The Hall–Kier alpha value is -6.65. The third kappa shape index (κ3) is 7.57. The topological polar surface area (TPSA) is 165 Å². The maximum atomic E-state index is 13.9. The van der Waals surface area contributed by atoms with Crippen LogP contribution in [0.4, 0.5) is 35.1 Å². The van der Waals surface area contributed by atoms with E-state index in [9.17, 15) is 22.8 Å². The van der Waals surface area contributed by atoms with Gasteiger partial charge in [-0.2, -0.15) is 15.2 Å². The van der Waals surface area contributed by atoms with Crippen molar-refractivity contribution in [2.24, 2.45) is 5.73 Å². The van der Waals surface area contributed by atoms with Crippen LogP contribution >= 0.6 is 0 Å². The zero-order valence-corrected chi connectivity index (χ0v) is 27.9. The number of nitrogens with zero attached hydrogens (tertiary/aromatic N) is 5. The van der Waals surface area contributed by atoms with Gasteiger partial charge in [0.15, 0.2) is 5.82 Å². The van der Waals surface area contributed by atoms with Crippen LogP contribution in [-0.4, -0.2) is 19.9 Å². The summed E-state index contributed by atoms with van der Waals surface area (Å²) in [5.41, 5.74) is 22.2. The van der Waals surface area contributed by atoms with Crippen molar-refractivity contribution in [2.45, 2.75) is 25.9 Å². The average molecular weight is 702 g/mol. The Balaban J connectivity index is 0.000000192. The zero-order valence-electron chi connectivity index (χ0n) is 27.9. The molecule has 7 N–H and O–H groups in total. The molecule has 0 aliphatic carbocycles. The fourth-order valence-electron chi connectivity index (χ4n) is 5.72. The van der Waals surface area contributed by atoms with Crippen LogP contribution in [0.25, 0.3) is 44.3 Å². The van der Waals surface area contributed by atoms with Crippen LogP contribution in [0.5, 0.6) is 0 Å². The van der Waals surface area contributed by atoms with Gasteiger partial charge in [-0.15, -0.1) is 0 Å². The van der Waals surface area contributed by atoms with Gasteiger partial charge >= 0.3 is 0 Å². The van der Waals surface area contributed by atoms with Crippen molar-refractivity contribution in [3.05, 3.63) is 137 Å². The van der Waals surface area contributed by atoms with Crippen molar-refractivity contribution in [3.8, 4) is 28.6 Å². The molecular weight excluding hydrogens is 670 g/mol. The third-order valence-corrected chi connectivity index (χ3v) is 8.19. The Morgan fingerprint density at radius 2 is 1.13 bits per heavy atom. The number of rotatable bonds is 6. The summed E-state index contributed by atoms with van der Waals surface area (Å²) >= 11 is 0. The molecule has 0 unspecified atom stereocenters. The molecule has 0 aliphatic rings. The number of hydrogen-bond acceptors (Lipinski definition) is 9. The molecule has 0 fully saturated rings. The van der Waals surface area contributed by atoms with Crippen LogP contribution in [0.15, 0.2) is 97.1 Å². The van der Waals surface area contributed by atoms with Crippen molar-refractivity contribution >= 4 is 39.4 Å². The summed E-state index contributed by atoms with van der Waals surface area (Å²) in [5.74, 6) is -1.49. The number of nitrogen functional groups attached to an aromatic ring is 2. The van der Waals surface area contributed by atoms with E-state index in [0.717, 1.165) is 10.9 Å². The molecule has 7 rings (SSSR count). The molecule has 52 heavy (non-hydrogen) atoms. The van der Waals surface area contributed by atoms with Crippen LogP contribution in [0.3, 0.4) is 0 Å². The van der Waals surface area contributed by atoms with E-state index in [1.54, 1.807) is 36.4 Å². The van der Waals surface area contributed by atoms with Crippen LogP contribution in [0, 0.1) is 34.6 Å². The van der Waals surface area contributed by atoms with Crippen LogP contribution < -0.4 is 22.5 Å².